The fourth-order valence-corrected chi connectivity index (χ4v) is 3.70. The molecule has 2 aromatic heterocycles. The molecule has 0 atom stereocenters. The quantitative estimate of drug-likeness (QED) is 0.739. The average molecular weight is 377 g/mol. The minimum atomic E-state index is -0.330. The molecular formula is C19H32N6O2. The first-order valence-corrected chi connectivity index (χ1v) is 9.93. The van der Waals surface area contributed by atoms with Gasteiger partial charge in [-0.1, -0.05) is 20.8 Å². The SMILES string of the molecule is CCN1CCN(Cc2nc3c(c(=O)n(C)c(=O)n3C)n2CCC(C)C)CC1. The Bertz CT molecular complexity index is 915. The van der Waals surface area contributed by atoms with Gasteiger partial charge in [0.1, 0.15) is 5.82 Å². The van der Waals surface area contributed by atoms with Gasteiger partial charge in [0, 0.05) is 46.8 Å². The highest BCUT2D eigenvalue weighted by molar-refractivity contribution is 5.71. The summed E-state index contributed by atoms with van der Waals surface area (Å²) in [5.41, 5.74) is 0.451. The number of hydrogen-bond acceptors (Lipinski definition) is 5. The van der Waals surface area contributed by atoms with Crippen LogP contribution in [0.3, 0.4) is 0 Å². The van der Waals surface area contributed by atoms with Gasteiger partial charge in [-0.15, -0.1) is 0 Å². The van der Waals surface area contributed by atoms with E-state index in [-0.39, 0.29) is 11.2 Å². The molecular weight excluding hydrogens is 344 g/mol. The molecule has 0 N–H and O–H groups in total. The first-order chi connectivity index (χ1) is 12.8. The van der Waals surface area contributed by atoms with Crippen molar-refractivity contribution in [1.29, 1.82) is 0 Å². The Kier molecular flexibility index (Phi) is 5.86. The van der Waals surface area contributed by atoms with E-state index in [0.29, 0.717) is 23.6 Å². The summed E-state index contributed by atoms with van der Waals surface area (Å²) in [4.78, 5) is 34.7. The Morgan fingerprint density at radius 1 is 1.00 bits per heavy atom. The van der Waals surface area contributed by atoms with E-state index in [0.717, 1.165) is 51.5 Å². The molecule has 8 heteroatoms. The maximum Gasteiger partial charge on any atom is 0.332 e. The zero-order chi connectivity index (χ0) is 19.7. The minimum absolute atomic E-state index is 0.258. The standard InChI is InChI=1S/C19H32N6O2/c1-6-23-9-11-24(12-10-23)13-15-20-17-16(25(15)8-7-14(2)3)18(26)22(5)19(27)21(17)4/h14H,6-13H2,1-5H3. The van der Waals surface area contributed by atoms with E-state index >= 15 is 0 Å². The number of aromatic nitrogens is 4. The first-order valence-electron chi connectivity index (χ1n) is 9.93. The summed E-state index contributed by atoms with van der Waals surface area (Å²) in [7, 11) is 3.22. The van der Waals surface area contributed by atoms with Crippen LogP contribution in [0.15, 0.2) is 9.59 Å². The summed E-state index contributed by atoms with van der Waals surface area (Å²) >= 11 is 0. The normalized spacial score (nSPS) is 16.7. The fraction of sp³-hybridized carbons (Fsp3) is 0.737. The molecule has 1 saturated heterocycles. The van der Waals surface area contributed by atoms with Crippen LogP contribution in [0.25, 0.3) is 11.2 Å². The number of fused-ring (bicyclic) bond motifs is 1. The highest BCUT2D eigenvalue weighted by Gasteiger charge is 2.22. The summed E-state index contributed by atoms with van der Waals surface area (Å²) < 4.78 is 4.71. The molecule has 3 heterocycles. The molecule has 3 rings (SSSR count). The molecule has 0 aliphatic carbocycles. The van der Waals surface area contributed by atoms with E-state index in [1.165, 1.54) is 16.2 Å². The molecule has 1 fully saturated rings. The zero-order valence-electron chi connectivity index (χ0n) is 17.2. The van der Waals surface area contributed by atoms with Crippen molar-refractivity contribution >= 4 is 11.2 Å². The molecule has 0 unspecified atom stereocenters. The third-order valence-electron chi connectivity index (χ3n) is 5.63. The van der Waals surface area contributed by atoms with E-state index in [2.05, 4.69) is 30.6 Å². The summed E-state index contributed by atoms with van der Waals surface area (Å²) in [6.45, 7) is 13.2. The lowest BCUT2D eigenvalue weighted by molar-refractivity contribution is 0.128. The summed E-state index contributed by atoms with van der Waals surface area (Å²) in [6, 6.07) is 0. The smallest absolute Gasteiger partial charge is 0.321 e. The van der Waals surface area contributed by atoms with Crippen LogP contribution in [0, 0.1) is 5.92 Å². The maximum absolute atomic E-state index is 12.8. The molecule has 27 heavy (non-hydrogen) atoms. The van der Waals surface area contributed by atoms with Gasteiger partial charge in [0.25, 0.3) is 5.56 Å². The van der Waals surface area contributed by atoms with E-state index in [4.69, 9.17) is 4.98 Å². The topological polar surface area (TPSA) is 68.3 Å². The van der Waals surface area contributed by atoms with Crippen LogP contribution in [-0.4, -0.2) is 61.2 Å². The highest BCUT2D eigenvalue weighted by atomic mass is 16.2. The van der Waals surface area contributed by atoms with Gasteiger partial charge in [0.05, 0.1) is 6.54 Å². The maximum atomic E-state index is 12.8. The first kappa shape index (κ1) is 19.8. The number of aryl methyl sites for hydroxylation is 2. The van der Waals surface area contributed by atoms with Gasteiger partial charge in [-0.25, -0.2) is 9.78 Å². The predicted molar refractivity (Wildman–Crippen MR) is 107 cm³/mol. The van der Waals surface area contributed by atoms with E-state index in [1.807, 2.05) is 4.57 Å². The monoisotopic (exact) mass is 376 g/mol. The van der Waals surface area contributed by atoms with Crippen molar-refractivity contribution in [2.45, 2.75) is 40.3 Å². The molecule has 1 aliphatic heterocycles. The van der Waals surface area contributed by atoms with Crippen molar-refractivity contribution in [2.24, 2.45) is 20.0 Å². The van der Waals surface area contributed by atoms with Crippen molar-refractivity contribution in [3.05, 3.63) is 26.7 Å². The van der Waals surface area contributed by atoms with Gasteiger partial charge in [-0.2, -0.15) is 0 Å². The van der Waals surface area contributed by atoms with Crippen molar-refractivity contribution < 1.29 is 0 Å². The number of nitrogens with zero attached hydrogens (tertiary/aromatic N) is 6. The average Bonchev–Trinajstić information content (AvgIpc) is 3.01. The van der Waals surface area contributed by atoms with Crippen molar-refractivity contribution in [3.8, 4) is 0 Å². The Morgan fingerprint density at radius 3 is 2.22 bits per heavy atom. The number of piperazine rings is 1. The Labute approximate surface area is 160 Å². The van der Waals surface area contributed by atoms with Gasteiger partial charge >= 0.3 is 5.69 Å². The summed E-state index contributed by atoms with van der Waals surface area (Å²) in [5.74, 6) is 1.41. The Morgan fingerprint density at radius 2 is 1.63 bits per heavy atom. The second-order valence-electron chi connectivity index (χ2n) is 7.95. The third-order valence-corrected chi connectivity index (χ3v) is 5.63. The molecule has 0 saturated carbocycles. The van der Waals surface area contributed by atoms with Crippen LogP contribution >= 0.6 is 0 Å². The molecule has 0 spiro atoms. The third kappa shape index (κ3) is 3.87. The number of hydrogen-bond donors (Lipinski definition) is 0. The molecule has 0 amide bonds. The van der Waals surface area contributed by atoms with Crippen molar-refractivity contribution in [1.82, 2.24) is 28.5 Å². The van der Waals surface area contributed by atoms with E-state index < -0.39 is 0 Å². The summed E-state index contributed by atoms with van der Waals surface area (Å²) in [6.07, 6.45) is 0.966. The van der Waals surface area contributed by atoms with Crippen LogP contribution in [-0.2, 0) is 27.2 Å². The van der Waals surface area contributed by atoms with E-state index in [9.17, 15) is 9.59 Å². The van der Waals surface area contributed by atoms with Gasteiger partial charge in [-0.05, 0) is 18.9 Å². The molecule has 0 radical (unpaired) electrons. The Balaban J connectivity index is 2.02. The molecule has 8 nitrogen and oxygen atoms in total. The predicted octanol–water partition coefficient (Wildman–Crippen LogP) is 0.617. The molecule has 1 aliphatic rings. The van der Waals surface area contributed by atoms with Crippen LogP contribution < -0.4 is 11.2 Å². The lowest BCUT2D eigenvalue weighted by atomic mass is 10.1. The highest BCUT2D eigenvalue weighted by Crippen LogP contribution is 2.16. The fourth-order valence-electron chi connectivity index (χ4n) is 3.70. The molecule has 2 aromatic rings. The Hall–Kier alpha value is -1.93. The second-order valence-corrected chi connectivity index (χ2v) is 7.95. The lowest BCUT2D eigenvalue weighted by Gasteiger charge is -2.33. The zero-order valence-corrected chi connectivity index (χ0v) is 17.2. The van der Waals surface area contributed by atoms with E-state index in [1.54, 1.807) is 7.05 Å². The van der Waals surface area contributed by atoms with Crippen molar-refractivity contribution in [3.63, 3.8) is 0 Å². The largest absolute Gasteiger partial charge is 0.332 e. The molecule has 0 aromatic carbocycles. The number of rotatable bonds is 6. The van der Waals surface area contributed by atoms with Crippen LogP contribution in [0.5, 0.6) is 0 Å². The van der Waals surface area contributed by atoms with Crippen molar-refractivity contribution in [2.75, 3.05) is 32.7 Å². The minimum Gasteiger partial charge on any atom is -0.321 e. The van der Waals surface area contributed by atoms with Gasteiger partial charge in [0.15, 0.2) is 11.2 Å². The number of likely N-dealkylation sites (N-methyl/N-ethyl adjacent to an activating group) is 1. The van der Waals surface area contributed by atoms with Crippen LogP contribution in [0.4, 0.5) is 0 Å². The molecule has 0 bridgehead atoms. The van der Waals surface area contributed by atoms with Gasteiger partial charge in [-0.3, -0.25) is 18.8 Å². The lowest BCUT2D eigenvalue weighted by Crippen LogP contribution is -2.45. The second kappa shape index (κ2) is 7.98. The molecule has 150 valence electrons. The van der Waals surface area contributed by atoms with Gasteiger partial charge < -0.3 is 9.47 Å². The summed E-state index contributed by atoms with van der Waals surface area (Å²) in [5, 5.41) is 0. The van der Waals surface area contributed by atoms with Crippen LogP contribution in [0.1, 0.15) is 33.0 Å². The number of imidazole rings is 1. The van der Waals surface area contributed by atoms with Gasteiger partial charge in [0.2, 0.25) is 0 Å². The van der Waals surface area contributed by atoms with Crippen LogP contribution in [0.2, 0.25) is 0 Å².